The number of ether oxygens (including phenoxy) is 3. The summed E-state index contributed by atoms with van der Waals surface area (Å²) in [6, 6.07) is 32.3. The highest BCUT2D eigenvalue weighted by Gasteiger charge is 2.45. The fourth-order valence-corrected chi connectivity index (χ4v) is 7.81. The lowest BCUT2D eigenvalue weighted by Crippen LogP contribution is -2.45. The highest BCUT2D eigenvalue weighted by atomic mass is 16.5. The average molecular weight is 595 g/mol. The molecule has 1 unspecified atom stereocenters. The zero-order valence-corrected chi connectivity index (χ0v) is 26.3. The highest BCUT2D eigenvalue weighted by Crippen LogP contribution is 2.59. The Hall–Kier alpha value is -4.74. The number of benzene rings is 5. The molecule has 0 bridgehead atoms. The Balaban J connectivity index is 1.43. The summed E-state index contributed by atoms with van der Waals surface area (Å²) in [4.78, 5) is 2.49. The summed E-state index contributed by atoms with van der Waals surface area (Å²) in [5, 5.41) is 5.72. The number of anilines is 1. The van der Waals surface area contributed by atoms with Crippen molar-refractivity contribution in [1.82, 2.24) is 5.32 Å². The number of hydrogen-bond donors (Lipinski definition) is 1. The molecule has 1 N–H and O–H groups in total. The molecule has 5 aromatic carbocycles. The molecular formula is C40H38N2O3. The minimum Gasteiger partial charge on any atom is -0.497 e. The molecule has 0 radical (unpaired) electrons. The molecule has 5 heteroatoms. The number of piperazine rings is 1. The fourth-order valence-electron chi connectivity index (χ4n) is 7.81. The summed E-state index contributed by atoms with van der Waals surface area (Å²) in [7, 11) is 3.46. The molecule has 1 atom stereocenters. The second-order valence-corrected chi connectivity index (χ2v) is 12.7. The van der Waals surface area contributed by atoms with Gasteiger partial charge in [0.05, 0.1) is 14.2 Å². The van der Waals surface area contributed by atoms with Crippen LogP contribution in [0, 0.1) is 0 Å². The van der Waals surface area contributed by atoms with Gasteiger partial charge >= 0.3 is 0 Å². The van der Waals surface area contributed by atoms with Crippen molar-refractivity contribution in [3.05, 3.63) is 125 Å². The number of rotatable bonds is 5. The third-order valence-corrected chi connectivity index (χ3v) is 10.0. The van der Waals surface area contributed by atoms with E-state index in [1.54, 1.807) is 14.2 Å². The van der Waals surface area contributed by atoms with Crippen LogP contribution in [0.15, 0.2) is 97.1 Å². The van der Waals surface area contributed by atoms with E-state index in [4.69, 9.17) is 14.2 Å². The van der Waals surface area contributed by atoms with Gasteiger partial charge < -0.3 is 24.4 Å². The van der Waals surface area contributed by atoms with E-state index in [-0.39, 0.29) is 5.41 Å². The Bertz CT molecular complexity index is 1970. The average Bonchev–Trinajstić information content (AvgIpc) is 3.34. The van der Waals surface area contributed by atoms with Gasteiger partial charge in [0.15, 0.2) is 5.60 Å². The van der Waals surface area contributed by atoms with Crippen molar-refractivity contribution in [3.8, 4) is 28.4 Å². The number of hydrogen-bond acceptors (Lipinski definition) is 5. The molecule has 2 heterocycles. The predicted octanol–water partition coefficient (Wildman–Crippen LogP) is 7.92. The van der Waals surface area contributed by atoms with Crippen LogP contribution in [0.4, 0.5) is 5.69 Å². The number of nitrogens with zero attached hydrogens (tertiary/aromatic N) is 1. The first kappa shape index (κ1) is 27.8. The first-order valence-electron chi connectivity index (χ1n) is 15.8. The highest BCUT2D eigenvalue weighted by molar-refractivity contribution is 6.09. The molecule has 226 valence electrons. The van der Waals surface area contributed by atoms with Crippen molar-refractivity contribution in [2.24, 2.45) is 0 Å². The third kappa shape index (κ3) is 4.10. The third-order valence-electron chi connectivity index (χ3n) is 10.0. The largest absolute Gasteiger partial charge is 0.497 e. The zero-order chi connectivity index (χ0) is 30.8. The van der Waals surface area contributed by atoms with Crippen molar-refractivity contribution >= 4 is 22.5 Å². The van der Waals surface area contributed by atoms with E-state index < -0.39 is 5.60 Å². The first-order valence-corrected chi connectivity index (χ1v) is 15.8. The second-order valence-electron chi connectivity index (χ2n) is 12.7. The van der Waals surface area contributed by atoms with Crippen LogP contribution in [0.25, 0.3) is 28.0 Å². The molecule has 1 aliphatic carbocycles. The summed E-state index contributed by atoms with van der Waals surface area (Å²) in [5.41, 5.74) is 8.52. The van der Waals surface area contributed by atoms with Crippen LogP contribution in [-0.4, -0.2) is 40.4 Å². The molecule has 0 spiro atoms. The van der Waals surface area contributed by atoms with Crippen molar-refractivity contribution in [2.75, 3.05) is 45.3 Å². The van der Waals surface area contributed by atoms with Crippen LogP contribution < -0.4 is 24.4 Å². The van der Waals surface area contributed by atoms with Crippen molar-refractivity contribution in [2.45, 2.75) is 24.9 Å². The lowest BCUT2D eigenvalue weighted by molar-refractivity contribution is 0.163. The van der Waals surface area contributed by atoms with Crippen LogP contribution in [0.2, 0.25) is 0 Å². The van der Waals surface area contributed by atoms with Crippen LogP contribution in [-0.2, 0) is 11.0 Å². The molecule has 0 saturated carbocycles. The molecule has 1 saturated heterocycles. The minimum atomic E-state index is -0.835. The van der Waals surface area contributed by atoms with Crippen LogP contribution in [0.3, 0.4) is 0 Å². The molecule has 1 fully saturated rings. The van der Waals surface area contributed by atoms with E-state index in [9.17, 15) is 0 Å². The smallest absolute Gasteiger partial charge is 0.180 e. The van der Waals surface area contributed by atoms with Gasteiger partial charge in [-0.1, -0.05) is 74.5 Å². The molecule has 0 amide bonds. The van der Waals surface area contributed by atoms with E-state index in [1.807, 2.05) is 0 Å². The molecule has 5 aromatic rings. The Kier molecular flexibility index (Phi) is 6.43. The Morgan fingerprint density at radius 3 is 2.24 bits per heavy atom. The van der Waals surface area contributed by atoms with Crippen LogP contribution in [0.1, 0.15) is 41.7 Å². The molecule has 5 nitrogen and oxygen atoms in total. The standard InChI is InChI=1S/C40H38N2O3/c1-39(2)34-25-28(44-4)15-17-30(34)36-29-16-14-27(43-3)24-32(29)38-31(37(36)39)18-19-40(45-38,26-10-6-5-7-11-26)33-12-8-9-13-35(33)42-22-20-41-21-23-42/h5-19,24-25,41H,20-23H2,1-4H3. The number of methoxy groups -OCH3 is 2. The molecule has 45 heavy (non-hydrogen) atoms. The summed E-state index contributed by atoms with van der Waals surface area (Å²) < 4.78 is 19.1. The molecule has 0 aromatic heterocycles. The van der Waals surface area contributed by atoms with Crippen LogP contribution in [0.5, 0.6) is 17.2 Å². The van der Waals surface area contributed by atoms with Gasteiger partial charge in [-0.15, -0.1) is 0 Å². The Labute approximate surface area is 265 Å². The molecule has 8 rings (SSSR count). The topological polar surface area (TPSA) is 43.0 Å². The Morgan fingerprint density at radius 2 is 1.47 bits per heavy atom. The van der Waals surface area contributed by atoms with E-state index >= 15 is 0 Å². The fraction of sp³-hybridized carbons (Fsp3) is 0.250. The minimum absolute atomic E-state index is 0.267. The van der Waals surface area contributed by atoms with Gasteiger partial charge in [-0.3, -0.25) is 0 Å². The summed E-state index contributed by atoms with van der Waals surface area (Å²) in [5.74, 6) is 2.56. The first-order chi connectivity index (χ1) is 22.0. The van der Waals surface area contributed by atoms with Crippen molar-refractivity contribution in [1.29, 1.82) is 0 Å². The maximum absolute atomic E-state index is 7.59. The van der Waals surface area contributed by atoms with Gasteiger partial charge in [0.25, 0.3) is 0 Å². The monoisotopic (exact) mass is 594 g/mol. The second kappa shape index (κ2) is 10.4. The van der Waals surface area contributed by atoms with Crippen LogP contribution >= 0.6 is 0 Å². The quantitative estimate of drug-likeness (QED) is 0.224. The summed E-state index contributed by atoms with van der Waals surface area (Å²) in [6.45, 7) is 8.46. The van der Waals surface area contributed by atoms with Gasteiger partial charge in [0.1, 0.15) is 17.2 Å². The predicted molar refractivity (Wildman–Crippen MR) is 183 cm³/mol. The maximum Gasteiger partial charge on any atom is 0.180 e. The normalized spacial score (nSPS) is 19.4. The lowest BCUT2D eigenvalue weighted by atomic mass is 9.76. The SMILES string of the molecule is COc1ccc2c(c1)C(C)(C)c1c3c(c4cc(OC)ccc4c1-2)OC(c1ccccc1)(c1ccccc1N1CCNCC1)C=C3. The van der Waals surface area contributed by atoms with E-state index in [2.05, 4.69) is 127 Å². The lowest BCUT2D eigenvalue weighted by Gasteiger charge is -2.41. The van der Waals surface area contributed by atoms with Gasteiger partial charge in [0.2, 0.25) is 0 Å². The van der Waals surface area contributed by atoms with Crippen molar-refractivity contribution < 1.29 is 14.2 Å². The summed E-state index contributed by atoms with van der Waals surface area (Å²) >= 11 is 0. The molecule has 3 aliphatic rings. The van der Waals surface area contributed by atoms with Gasteiger partial charge in [-0.05, 0) is 70.1 Å². The maximum atomic E-state index is 7.59. The van der Waals surface area contributed by atoms with Gasteiger partial charge in [0, 0.05) is 59.4 Å². The van der Waals surface area contributed by atoms with E-state index in [0.29, 0.717) is 0 Å². The summed E-state index contributed by atoms with van der Waals surface area (Å²) in [6.07, 6.45) is 4.61. The number of para-hydroxylation sites is 1. The molecular weight excluding hydrogens is 556 g/mol. The van der Waals surface area contributed by atoms with E-state index in [0.717, 1.165) is 70.9 Å². The number of nitrogens with one attached hydrogen (secondary N) is 1. The van der Waals surface area contributed by atoms with Crippen molar-refractivity contribution in [3.63, 3.8) is 0 Å². The molecule has 2 aliphatic heterocycles. The van der Waals surface area contributed by atoms with Gasteiger partial charge in [-0.2, -0.15) is 0 Å². The van der Waals surface area contributed by atoms with E-state index in [1.165, 1.54) is 27.9 Å². The Morgan fingerprint density at radius 1 is 0.756 bits per heavy atom. The number of fused-ring (bicyclic) bond motifs is 8. The van der Waals surface area contributed by atoms with Gasteiger partial charge in [-0.25, -0.2) is 0 Å². The zero-order valence-electron chi connectivity index (χ0n) is 26.3.